The Balaban J connectivity index is 1.43. The van der Waals surface area contributed by atoms with Crippen LogP contribution in [-0.4, -0.2) is 63.2 Å². The third-order valence-corrected chi connectivity index (χ3v) is 9.47. The largest absolute Gasteiger partial charge is 0.497 e. The molecule has 1 aromatic heterocycles. The summed E-state index contributed by atoms with van der Waals surface area (Å²) in [6, 6.07) is 19.1. The third-order valence-electron chi connectivity index (χ3n) is 6.64. The average molecular weight is 579 g/mol. The van der Waals surface area contributed by atoms with E-state index >= 15 is 0 Å². The fourth-order valence-corrected chi connectivity index (χ4v) is 6.58. The second-order valence-electron chi connectivity index (χ2n) is 9.55. The fraction of sp³-hybridized carbons (Fsp3) is 0.276. The number of methoxy groups -OCH3 is 1. The van der Waals surface area contributed by atoms with Crippen molar-refractivity contribution in [2.75, 3.05) is 32.3 Å². The van der Waals surface area contributed by atoms with Crippen molar-refractivity contribution in [3.8, 4) is 5.75 Å². The Morgan fingerprint density at radius 2 is 1.90 bits per heavy atom. The maximum atomic E-state index is 13.7. The number of fused-ring (bicyclic) bond motifs is 1. The van der Waals surface area contributed by atoms with Gasteiger partial charge in [-0.3, -0.25) is 4.79 Å². The van der Waals surface area contributed by atoms with Gasteiger partial charge in [0.05, 0.1) is 34.5 Å². The van der Waals surface area contributed by atoms with Crippen LogP contribution in [0.15, 0.2) is 76.7 Å². The first kappa shape index (κ1) is 27.9. The number of likely N-dealkylation sites (N-methyl/N-ethyl adjacent to an activating group) is 1. The maximum Gasteiger partial charge on any atom is 0.280 e. The highest BCUT2D eigenvalue weighted by Crippen LogP contribution is 2.31. The van der Waals surface area contributed by atoms with Crippen molar-refractivity contribution >= 4 is 48.8 Å². The molecular weight excluding hydrogens is 548 g/mol. The Morgan fingerprint density at radius 1 is 1.15 bits per heavy atom. The van der Waals surface area contributed by atoms with Crippen molar-refractivity contribution < 1.29 is 22.7 Å². The van der Waals surface area contributed by atoms with Crippen LogP contribution in [0.3, 0.4) is 0 Å². The molecule has 1 atom stereocenters. The molecule has 2 heterocycles. The number of hydrogen-bond acceptors (Lipinski definition) is 8. The van der Waals surface area contributed by atoms with E-state index in [4.69, 9.17) is 9.47 Å². The highest BCUT2D eigenvalue weighted by molar-refractivity contribution is 7.89. The zero-order valence-corrected chi connectivity index (χ0v) is 24.1. The first-order valence-electron chi connectivity index (χ1n) is 12.8. The van der Waals surface area contributed by atoms with Crippen molar-refractivity contribution in [2.24, 2.45) is 5.10 Å². The lowest BCUT2D eigenvalue weighted by molar-refractivity contribution is 0.0978. The van der Waals surface area contributed by atoms with Gasteiger partial charge in [-0.1, -0.05) is 17.4 Å². The summed E-state index contributed by atoms with van der Waals surface area (Å²) in [6.07, 6.45) is 3.25. The van der Waals surface area contributed by atoms with Crippen molar-refractivity contribution in [3.05, 3.63) is 83.4 Å². The van der Waals surface area contributed by atoms with E-state index in [2.05, 4.69) is 10.1 Å². The number of aryl methyl sites for hydroxylation is 1. The van der Waals surface area contributed by atoms with Crippen LogP contribution in [0.25, 0.3) is 10.2 Å². The zero-order chi connectivity index (χ0) is 28.3. The molecule has 0 bridgehead atoms. The normalized spacial score (nSPS) is 15.8. The van der Waals surface area contributed by atoms with E-state index < -0.39 is 15.9 Å². The fourth-order valence-electron chi connectivity index (χ4n) is 4.36. The van der Waals surface area contributed by atoms with E-state index in [1.165, 1.54) is 44.9 Å². The number of rotatable bonds is 9. The van der Waals surface area contributed by atoms with Crippen LogP contribution in [0.1, 0.15) is 34.3 Å². The summed E-state index contributed by atoms with van der Waals surface area (Å²) in [5.74, 6) is 0.278. The van der Waals surface area contributed by atoms with Gasteiger partial charge in [0.15, 0.2) is 0 Å². The molecule has 3 aromatic carbocycles. The lowest BCUT2D eigenvalue weighted by Gasteiger charge is -2.20. The summed E-state index contributed by atoms with van der Waals surface area (Å²) in [4.78, 5) is 18.5. The van der Waals surface area contributed by atoms with Crippen LogP contribution in [0.5, 0.6) is 5.75 Å². The zero-order valence-electron chi connectivity index (χ0n) is 22.5. The van der Waals surface area contributed by atoms with E-state index in [9.17, 15) is 13.2 Å². The molecule has 1 aliphatic rings. The topological polar surface area (TPSA) is 101 Å². The van der Waals surface area contributed by atoms with Gasteiger partial charge in [-0.05, 0) is 91.6 Å². The molecule has 40 heavy (non-hydrogen) atoms. The molecule has 0 saturated carbocycles. The average Bonchev–Trinajstić information content (AvgIpc) is 3.63. The molecule has 1 amide bonds. The monoisotopic (exact) mass is 578 g/mol. The summed E-state index contributed by atoms with van der Waals surface area (Å²) in [6.45, 7) is 2.94. The van der Waals surface area contributed by atoms with Gasteiger partial charge in [0.1, 0.15) is 5.75 Å². The first-order chi connectivity index (χ1) is 19.2. The Bertz CT molecular complexity index is 1630. The van der Waals surface area contributed by atoms with Crippen LogP contribution >= 0.6 is 11.3 Å². The van der Waals surface area contributed by atoms with Crippen molar-refractivity contribution in [1.29, 1.82) is 0 Å². The van der Waals surface area contributed by atoms with Gasteiger partial charge in [0.25, 0.3) is 5.91 Å². The molecule has 0 N–H and O–H groups in total. The first-order valence-corrected chi connectivity index (χ1v) is 15.1. The van der Waals surface area contributed by atoms with E-state index in [-0.39, 0.29) is 23.1 Å². The van der Waals surface area contributed by atoms with Gasteiger partial charge in [0.2, 0.25) is 15.2 Å². The van der Waals surface area contributed by atoms with Gasteiger partial charge >= 0.3 is 0 Å². The van der Waals surface area contributed by atoms with Crippen LogP contribution in [-0.2, 0) is 14.8 Å². The molecule has 1 aliphatic heterocycles. The Morgan fingerprint density at radius 3 is 2.58 bits per heavy atom. The minimum atomic E-state index is -3.74. The van der Waals surface area contributed by atoms with E-state index in [1.807, 2.05) is 49.4 Å². The number of thiazole rings is 1. The van der Waals surface area contributed by atoms with Crippen molar-refractivity contribution in [2.45, 2.75) is 30.8 Å². The molecule has 208 valence electrons. The Hall–Kier alpha value is -3.64. The molecule has 1 fully saturated rings. The van der Waals surface area contributed by atoms with Crippen LogP contribution in [0.4, 0.5) is 5.13 Å². The number of benzene rings is 3. The predicted octanol–water partition coefficient (Wildman–Crippen LogP) is 5.09. The number of hydrogen-bond donors (Lipinski definition) is 0. The molecule has 0 aliphatic carbocycles. The maximum absolute atomic E-state index is 13.7. The van der Waals surface area contributed by atoms with Crippen LogP contribution in [0, 0.1) is 6.92 Å². The van der Waals surface area contributed by atoms with Gasteiger partial charge in [-0.25, -0.2) is 13.4 Å². The third kappa shape index (κ3) is 6.07. The number of sulfonamides is 1. The molecule has 1 saturated heterocycles. The van der Waals surface area contributed by atoms with E-state index in [0.717, 1.165) is 34.2 Å². The van der Waals surface area contributed by atoms with Gasteiger partial charge in [-0.15, -0.1) is 0 Å². The molecule has 5 rings (SSSR count). The second-order valence-corrected chi connectivity index (χ2v) is 12.6. The minimum Gasteiger partial charge on any atom is -0.497 e. The number of carbonyl (C=O) groups excluding carboxylic acids is 1. The standard InChI is InChI=1S/C29H30N4O5S2/c1-20-6-15-26-27(17-20)39-29(31-26)33(30-18-21-7-11-23(37-3)12-8-21)28(34)22-9-13-25(14-10-22)40(35,36)32(2)19-24-5-4-16-38-24/h6-15,17-18,24H,4-5,16,19H2,1-3H3/b30-18+. The molecule has 1 unspecified atom stereocenters. The van der Waals surface area contributed by atoms with Gasteiger partial charge in [0, 0.05) is 25.8 Å². The summed E-state index contributed by atoms with van der Waals surface area (Å²) in [5.41, 5.74) is 2.90. The van der Waals surface area contributed by atoms with Gasteiger partial charge in [-0.2, -0.15) is 14.4 Å². The Kier molecular flexibility index (Phi) is 8.27. The van der Waals surface area contributed by atoms with Crippen molar-refractivity contribution in [1.82, 2.24) is 9.29 Å². The number of aromatic nitrogens is 1. The molecular formula is C29H30N4O5S2. The number of carbonyl (C=O) groups is 1. The summed E-state index contributed by atoms with van der Waals surface area (Å²) in [5, 5.41) is 6.15. The number of nitrogens with zero attached hydrogens (tertiary/aromatic N) is 4. The minimum absolute atomic E-state index is 0.102. The molecule has 9 nitrogen and oxygen atoms in total. The molecule has 11 heteroatoms. The van der Waals surface area contributed by atoms with Crippen LogP contribution in [0.2, 0.25) is 0 Å². The van der Waals surface area contributed by atoms with Crippen molar-refractivity contribution in [3.63, 3.8) is 0 Å². The summed E-state index contributed by atoms with van der Waals surface area (Å²) in [7, 11) is -0.600. The predicted molar refractivity (Wildman–Crippen MR) is 157 cm³/mol. The van der Waals surface area contributed by atoms with Crippen LogP contribution < -0.4 is 9.75 Å². The number of amides is 1. The lowest BCUT2D eigenvalue weighted by atomic mass is 10.2. The molecule has 0 spiro atoms. The number of anilines is 1. The summed E-state index contributed by atoms with van der Waals surface area (Å²) < 4.78 is 39.3. The Labute approximate surface area is 237 Å². The summed E-state index contributed by atoms with van der Waals surface area (Å²) >= 11 is 1.36. The number of ether oxygens (including phenoxy) is 2. The highest BCUT2D eigenvalue weighted by atomic mass is 32.2. The van der Waals surface area contributed by atoms with E-state index in [1.54, 1.807) is 20.4 Å². The van der Waals surface area contributed by atoms with Gasteiger partial charge < -0.3 is 9.47 Å². The molecule has 0 radical (unpaired) electrons. The lowest BCUT2D eigenvalue weighted by Crippen LogP contribution is -2.34. The SMILES string of the molecule is COc1ccc(/C=N/N(C(=O)c2ccc(S(=O)(=O)N(C)CC3CCCO3)cc2)c2nc3ccc(C)cc3s2)cc1. The van der Waals surface area contributed by atoms with E-state index in [0.29, 0.717) is 17.5 Å². The molecule has 4 aromatic rings. The second kappa shape index (κ2) is 11.8. The smallest absolute Gasteiger partial charge is 0.280 e. The highest BCUT2D eigenvalue weighted by Gasteiger charge is 2.27. The quantitative estimate of drug-likeness (QED) is 0.203. The number of hydrazone groups is 1.